The molecule has 2 radical (unpaired) electrons. The van der Waals surface area contributed by atoms with Gasteiger partial charge in [0.1, 0.15) is 7.85 Å². The van der Waals surface area contributed by atoms with E-state index < -0.39 is 0 Å². The lowest BCUT2D eigenvalue weighted by Gasteiger charge is -2.10. The molecule has 1 amide bonds. The molecule has 0 saturated carbocycles. The molecular formula is C9H10BNO. The fourth-order valence-corrected chi connectivity index (χ4v) is 0.930. The van der Waals surface area contributed by atoms with E-state index in [9.17, 15) is 4.79 Å². The number of nitrogens with zero attached hydrogens (tertiary/aromatic N) is 1. The van der Waals surface area contributed by atoms with E-state index in [1.807, 2.05) is 0 Å². The third kappa shape index (κ3) is 1.88. The van der Waals surface area contributed by atoms with Crippen LogP contribution in [-0.4, -0.2) is 32.7 Å². The van der Waals surface area contributed by atoms with Gasteiger partial charge in [-0.1, -0.05) is 23.7 Å². The maximum Gasteiger partial charge on any atom is 0.253 e. The lowest BCUT2D eigenvalue weighted by molar-refractivity contribution is 0.0827. The second-order valence-corrected chi connectivity index (χ2v) is 2.83. The second kappa shape index (κ2) is 3.43. The Labute approximate surface area is 73.6 Å². The van der Waals surface area contributed by atoms with Gasteiger partial charge in [-0.15, -0.1) is 0 Å². The summed E-state index contributed by atoms with van der Waals surface area (Å²) in [5, 5.41) is 0. The monoisotopic (exact) mass is 159 g/mol. The Morgan fingerprint density at radius 1 is 1.42 bits per heavy atom. The summed E-state index contributed by atoms with van der Waals surface area (Å²) < 4.78 is 0. The lowest BCUT2D eigenvalue weighted by atomic mass is 9.94. The summed E-state index contributed by atoms with van der Waals surface area (Å²) in [4.78, 5) is 12.9. The number of hydrogen-bond acceptors (Lipinski definition) is 1. The Kier molecular flexibility index (Phi) is 2.53. The molecule has 60 valence electrons. The number of carbonyl (C=O) groups is 1. The molecule has 0 saturated heterocycles. The molecular weight excluding hydrogens is 149 g/mol. The number of carbonyl (C=O) groups excluding carboxylic acids is 1. The van der Waals surface area contributed by atoms with Crippen molar-refractivity contribution in [3.8, 4) is 0 Å². The molecule has 0 unspecified atom stereocenters. The zero-order valence-corrected chi connectivity index (χ0v) is 7.24. The minimum atomic E-state index is -0.0256. The van der Waals surface area contributed by atoms with E-state index in [1.54, 1.807) is 38.4 Å². The highest BCUT2D eigenvalue weighted by molar-refractivity contribution is 6.32. The van der Waals surface area contributed by atoms with Gasteiger partial charge in [0.2, 0.25) is 0 Å². The molecule has 2 nitrogen and oxygen atoms in total. The summed E-state index contributed by atoms with van der Waals surface area (Å²) in [6, 6.07) is 6.94. The van der Waals surface area contributed by atoms with Gasteiger partial charge in [0.25, 0.3) is 5.91 Å². The van der Waals surface area contributed by atoms with Crippen LogP contribution in [0.3, 0.4) is 0 Å². The molecule has 3 heteroatoms. The van der Waals surface area contributed by atoms with Gasteiger partial charge in [-0.2, -0.15) is 0 Å². The fraction of sp³-hybridized carbons (Fsp3) is 0.222. The summed E-state index contributed by atoms with van der Waals surface area (Å²) >= 11 is 0. The van der Waals surface area contributed by atoms with Gasteiger partial charge in [0, 0.05) is 19.7 Å². The highest BCUT2D eigenvalue weighted by Crippen LogP contribution is 1.98. The molecule has 0 spiro atoms. The summed E-state index contributed by atoms with van der Waals surface area (Å²) in [6.07, 6.45) is 0. The lowest BCUT2D eigenvalue weighted by Crippen LogP contribution is -2.22. The summed E-state index contributed by atoms with van der Waals surface area (Å²) in [5.74, 6) is -0.0256. The molecule has 0 heterocycles. The highest BCUT2D eigenvalue weighted by atomic mass is 16.2. The number of hydrogen-bond donors (Lipinski definition) is 0. The summed E-state index contributed by atoms with van der Waals surface area (Å²) in [6.45, 7) is 0. The average molecular weight is 159 g/mol. The van der Waals surface area contributed by atoms with Crippen molar-refractivity contribution < 1.29 is 4.79 Å². The van der Waals surface area contributed by atoms with Crippen LogP contribution >= 0.6 is 0 Å². The Morgan fingerprint density at radius 3 is 2.58 bits per heavy atom. The van der Waals surface area contributed by atoms with E-state index in [-0.39, 0.29) is 5.91 Å². The van der Waals surface area contributed by atoms with Gasteiger partial charge in [0.15, 0.2) is 0 Å². The average Bonchev–Trinajstić information content (AvgIpc) is 2.03. The van der Waals surface area contributed by atoms with Crippen molar-refractivity contribution in [3.05, 3.63) is 29.8 Å². The standard InChI is InChI=1S/C9H10BNO/c1-11(2)9(12)7-4-3-5-8(10)6-7/h3-6H,1-2H3. The molecule has 0 aliphatic carbocycles. The third-order valence-corrected chi connectivity index (χ3v) is 1.54. The van der Waals surface area contributed by atoms with E-state index in [4.69, 9.17) is 7.85 Å². The molecule has 12 heavy (non-hydrogen) atoms. The SMILES string of the molecule is [B]c1cccc(C(=O)N(C)C)c1. The molecule has 0 atom stereocenters. The van der Waals surface area contributed by atoms with Crippen molar-refractivity contribution in [3.63, 3.8) is 0 Å². The van der Waals surface area contributed by atoms with E-state index in [2.05, 4.69) is 0 Å². The predicted octanol–water partition coefficient (Wildman–Crippen LogP) is 0.182. The first-order chi connectivity index (χ1) is 5.61. The molecule has 0 N–H and O–H groups in total. The minimum Gasteiger partial charge on any atom is -0.345 e. The predicted molar refractivity (Wildman–Crippen MR) is 49.8 cm³/mol. The maximum absolute atomic E-state index is 11.4. The number of amides is 1. The van der Waals surface area contributed by atoms with Gasteiger partial charge in [-0.25, -0.2) is 0 Å². The van der Waals surface area contributed by atoms with Crippen LogP contribution in [0.4, 0.5) is 0 Å². The number of rotatable bonds is 1. The molecule has 0 aliphatic heterocycles. The Hall–Kier alpha value is -1.25. The molecule has 0 fully saturated rings. The topological polar surface area (TPSA) is 20.3 Å². The quantitative estimate of drug-likeness (QED) is 0.535. The van der Waals surface area contributed by atoms with Gasteiger partial charge in [0.05, 0.1) is 0 Å². The largest absolute Gasteiger partial charge is 0.345 e. The zero-order valence-electron chi connectivity index (χ0n) is 7.24. The van der Waals surface area contributed by atoms with Crippen LogP contribution in [0.5, 0.6) is 0 Å². The molecule has 0 bridgehead atoms. The minimum absolute atomic E-state index is 0.0256. The molecule has 1 aromatic carbocycles. The van der Waals surface area contributed by atoms with Crippen molar-refractivity contribution in [2.75, 3.05) is 14.1 Å². The van der Waals surface area contributed by atoms with Crippen LogP contribution in [0.2, 0.25) is 0 Å². The van der Waals surface area contributed by atoms with Crippen LogP contribution in [-0.2, 0) is 0 Å². The highest BCUT2D eigenvalue weighted by Gasteiger charge is 2.05. The van der Waals surface area contributed by atoms with Crippen molar-refractivity contribution in [1.82, 2.24) is 4.90 Å². The van der Waals surface area contributed by atoms with E-state index >= 15 is 0 Å². The first kappa shape index (κ1) is 8.85. The molecule has 1 rings (SSSR count). The summed E-state index contributed by atoms with van der Waals surface area (Å²) in [7, 11) is 8.95. The van der Waals surface area contributed by atoms with Crippen LogP contribution in [0.25, 0.3) is 0 Å². The first-order valence-corrected chi connectivity index (χ1v) is 3.68. The molecule has 0 aromatic heterocycles. The molecule has 0 aliphatic rings. The van der Waals surface area contributed by atoms with Crippen LogP contribution < -0.4 is 5.46 Å². The zero-order chi connectivity index (χ0) is 9.14. The van der Waals surface area contributed by atoms with E-state index in [1.165, 1.54) is 4.90 Å². The van der Waals surface area contributed by atoms with Crippen molar-refractivity contribution in [2.45, 2.75) is 0 Å². The first-order valence-electron chi connectivity index (χ1n) is 3.68. The second-order valence-electron chi connectivity index (χ2n) is 2.83. The Bertz CT molecular complexity index is 296. The van der Waals surface area contributed by atoms with Gasteiger partial charge >= 0.3 is 0 Å². The van der Waals surface area contributed by atoms with Crippen LogP contribution in [0.15, 0.2) is 24.3 Å². The Morgan fingerprint density at radius 2 is 2.08 bits per heavy atom. The van der Waals surface area contributed by atoms with Crippen molar-refractivity contribution >= 4 is 19.2 Å². The van der Waals surface area contributed by atoms with E-state index in [0.717, 1.165) is 0 Å². The van der Waals surface area contributed by atoms with E-state index in [0.29, 0.717) is 11.0 Å². The van der Waals surface area contributed by atoms with Gasteiger partial charge in [-0.3, -0.25) is 4.79 Å². The van der Waals surface area contributed by atoms with Crippen molar-refractivity contribution in [1.29, 1.82) is 0 Å². The fourth-order valence-electron chi connectivity index (χ4n) is 0.930. The Balaban J connectivity index is 2.96. The van der Waals surface area contributed by atoms with Crippen molar-refractivity contribution in [2.24, 2.45) is 0 Å². The van der Waals surface area contributed by atoms with Crippen LogP contribution in [0.1, 0.15) is 10.4 Å². The smallest absolute Gasteiger partial charge is 0.253 e. The molecule has 1 aromatic rings. The van der Waals surface area contributed by atoms with Gasteiger partial charge < -0.3 is 4.90 Å². The van der Waals surface area contributed by atoms with Gasteiger partial charge in [-0.05, 0) is 6.07 Å². The van der Waals surface area contributed by atoms with Crippen LogP contribution in [0, 0.1) is 0 Å². The third-order valence-electron chi connectivity index (χ3n) is 1.54. The number of benzene rings is 1. The summed E-state index contributed by atoms with van der Waals surface area (Å²) in [5.41, 5.74) is 1.24. The normalized spacial score (nSPS) is 9.50. The maximum atomic E-state index is 11.4.